The van der Waals surface area contributed by atoms with Gasteiger partial charge in [0.05, 0.1) is 11.9 Å². The number of nitrogens with zero attached hydrogens (tertiary/aromatic N) is 2. The van der Waals surface area contributed by atoms with Crippen LogP contribution in [0.4, 0.5) is 11.5 Å². The van der Waals surface area contributed by atoms with E-state index in [-0.39, 0.29) is 5.28 Å². The van der Waals surface area contributed by atoms with Crippen molar-refractivity contribution in [1.82, 2.24) is 9.97 Å². The van der Waals surface area contributed by atoms with Crippen molar-refractivity contribution >= 4 is 66.6 Å². The lowest BCUT2D eigenvalue weighted by molar-refractivity contribution is 1.17. The zero-order chi connectivity index (χ0) is 12.4. The molecule has 2 aromatic rings. The molecule has 0 saturated carbocycles. The lowest BCUT2D eigenvalue weighted by Gasteiger charge is -2.09. The predicted octanol–water partition coefficient (Wildman–Crippen LogP) is 5.05. The summed E-state index contributed by atoms with van der Waals surface area (Å²) < 4.78 is 1.84. The molecule has 0 amide bonds. The van der Waals surface area contributed by atoms with E-state index in [1.54, 1.807) is 0 Å². The van der Waals surface area contributed by atoms with Gasteiger partial charge in [-0.1, -0.05) is 27.5 Å². The number of benzene rings is 1. The molecule has 2 rings (SSSR count). The molecule has 0 atom stereocenters. The molecule has 0 bridgehead atoms. The van der Waals surface area contributed by atoms with Gasteiger partial charge in [-0.25, -0.2) is 4.98 Å². The zero-order valence-electron chi connectivity index (χ0n) is 8.22. The van der Waals surface area contributed by atoms with Gasteiger partial charge in [0, 0.05) is 8.95 Å². The molecule has 1 heterocycles. The van der Waals surface area contributed by atoms with Crippen molar-refractivity contribution in [3.8, 4) is 0 Å². The summed E-state index contributed by atoms with van der Waals surface area (Å²) in [6.45, 7) is 0. The monoisotopic (exact) mass is 395 g/mol. The van der Waals surface area contributed by atoms with E-state index in [4.69, 9.17) is 23.2 Å². The van der Waals surface area contributed by atoms with Crippen LogP contribution in [0.5, 0.6) is 0 Å². The van der Waals surface area contributed by atoms with Crippen molar-refractivity contribution in [3.63, 3.8) is 0 Å². The quantitative estimate of drug-likeness (QED) is 0.720. The van der Waals surface area contributed by atoms with E-state index >= 15 is 0 Å². The van der Waals surface area contributed by atoms with E-state index < -0.39 is 0 Å². The maximum atomic E-state index is 5.97. The van der Waals surface area contributed by atoms with Gasteiger partial charge in [0.15, 0.2) is 5.82 Å². The highest BCUT2D eigenvalue weighted by atomic mass is 79.9. The molecule has 88 valence electrons. The number of hydrogen-bond donors (Lipinski definition) is 1. The van der Waals surface area contributed by atoms with E-state index in [2.05, 4.69) is 47.1 Å². The molecule has 0 fully saturated rings. The van der Waals surface area contributed by atoms with Crippen molar-refractivity contribution in [3.05, 3.63) is 43.6 Å². The van der Waals surface area contributed by atoms with Gasteiger partial charge in [-0.3, -0.25) is 0 Å². The Kier molecular flexibility index (Phi) is 4.25. The maximum absolute atomic E-state index is 5.97. The summed E-state index contributed by atoms with van der Waals surface area (Å²) in [6.07, 6.45) is 1.45. The predicted molar refractivity (Wildman–Crippen MR) is 77.2 cm³/mol. The number of nitrogens with one attached hydrogen (secondary N) is 1. The summed E-state index contributed by atoms with van der Waals surface area (Å²) in [5, 5.41) is 3.62. The molecule has 0 unspecified atom stereocenters. The van der Waals surface area contributed by atoms with E-state index in [9.17, 15) is 0 Å². The Hall–Kier alpha value is -0.360. The summed E-state index contributed by atoms with van der Waals surface area (Å²) in [5.41, 5.74) is 0.830. The van der Waals surface area contributed by atoms with Crippen molar-refractivity contribution in [2.45, 2.75) is 0 Å². The fourth-order valence-corrected chi connectivity index (χ4v) is 2.13. The summed E-state index contributed by atoms with van der Waals surface area (Å²) in [7, 11) is 0. The molecule has 1 aromatic carbocycles. The van der Waals surface area contributed by atoms with Crippen molar-refractivity contribution < 1.29 is 0 Å². The van der Waals surface area contributed by atoms with E-state index in [0.717, 1.165) is 14.6 Å². The topological polar surface area (TPSA) is 37.8 Å². The van der Waals surface area contributed by atoms with Gasteiger partial charge in [0.1, 0.15) is 5.02 Å². The van der Waals surface area contributed by atoms with Gasteiger partial charge in [-0.05, 0) is 45.7 Å². The van der Waals surface area contributed by atoms with Crippen LogP contribution in [0.1, 0.15) is 0 Å². The molecule has 0 spiro atoms. The summed E-state index contributed by atoms with van der Waals surface area (Å²) >= 11 is 18.5. The SMILES string of the molecule is Clc1ncc(Cl)c(Nc2cc(Br)ccc2Br)n1. The lowest BCUT2D eigenvalue weighted by Crippen LogP contribution is -1.97. The molecule has 0 aliphatic carbocycles. The fraction of sp³-hybridized carbons (Fsp3) is 0. The van der Waals surface area contributed by atoms with Crippen LogP contribution >= 0.6 is 55.1 Å². The molecule has 0 aliphatic heterocycles. The Morgan fingerprint density at radius 3 is 2.71 bits per heavy atom. The second-order valence-corrected chi connectivity index (χ2v) is 5.60. The third-order valence-electron chi connectivity index (χ3n) is 1.90. The minimum absolute atomic E-state index is 0.142. The molecular formula is C10H5Br2Cl2N3. The number of rotatable bonds is 2. The fourth-order valence-electron chi connectivity index (χ4n) is 1.15. The minimum Gasteiger partial charge on any atom is -0.338 e. The smallest absolute Gasteiger partial charge is 0.224 e. The molecule has 0 saturated heterocycles. The zero-order valence-corrected chi connectivity index (χ0v) is 12.9. The average molecular weight is 398 g/mol. The molecule has 1 aromatic heterocycles. The molecule has 3 nitrogen and oxygen atoms in total. The summed E-state index contributed by atoms with van der Waals surface area (Å²) in [5.74, 6) is 0.463. The molecule has 0 aliphatic rings. The number of aromatic nitrogens is 2. The van der Waals surface area contributed by atoms with E-state index in [1.165, 1.54) is 6.20 Å². The van der Waals surface area contributed by atoms with Crippen LogP contribution in [0.2, 0.25) is 10.3 Å². The lowest BCUT2D eigenvalue weighted by atomic mass is 10.3. The first-order valence-electron chi connectivity index (χ1n) is 4.46. The number of hydrogen-bond acceptors (Lipinski definition) is 3. The second-order valence-electron chi connectivity index (χ2n) is 3.08. The highest BCUT2D eigenvalue weighted by Gasteiger charge is 2.07. The Bertz CT molecular complexity index is 514. The normalized spacial score (nSPS) is 10.4. The van der Waals surface area contributed by atoms with Crippen molar-refractivity contribution in [2.24, 2.45) is 0 Å². The van der Waals surface area contributed by atoms with Gasteiger partial charge in [-0.2, -0.15) is 4.98 Å². The second kappa shape index (κ2) is 5.52. The van der Waals surface area contributed by atoms with Gasteiger partial charge >= 0.3 is 0 Å². The first-order valence-corrected chi connectivity index (χ1v) is 6.80. The third kappa shape index (κ3) is 3.31. The van der Waals surface area contributed by atoms with Gasteiger partial charge in [-0.15, -0.1) is 0 Å². The van der Waals surface area contributed by atoms with Crippen LogP contribution in [0.25, 0.3) is 0 Å². The molecular weight excluding hydrogens is 393 g/mol. The summed E-state index contributed by atoms with van der Waals surface area (Å²) in [4.78, 5) is 7.80. The largest absolute Gasteiger partial charge is 0.338 e. The van der Waals surface area contributed by atoms with E-state index in [1.807, 2.05) is 18.2 Å². The molecule has 17 heavy (non-hydrogen) atoms. The van der Waals surface area contributed by atoms with Crippen LogP contribution < -0.4 is 5.32 Å². The third-order valence-corrected chi connectivity index (χ3v) is 3.54. The van der Waals surface area contributed by atoms with Crippen LogP contribution in [0, 0.1) is 0 Å². The van der Waals surface area contributed by atoms with Gasteiger partial charge in [0.25, 0.3) is 0 Å². The minimum atomic E-state index is 0.142. The Balaban J connectivity index is 2.37. The molecule has 1 N–H and O–H groups in total. The summed E-state index contributed by atoms with van der Waals surface area (Å²) in [6, 6.07) is 5.73. The van der Waals surface area contributed by atoms with Gasteiger partial charge in [0.2, 0.25) is 5.28 Å². The van der Waals surface area contributed by atoms with Crippen molar-refractivity contribution in [2.75, 3.05) is 5.32 Å². The van der Waals surface area contributed by atoms with Crippen LogP contribution in [-0.2, 0) is 0 Å². The van der Waals surface area contributed by atoms with Crippen LogP contribution in [0.15, 0.2) is 33.3 Å². The first kappa shape index (κ1) is 13.1. The first-order chi connectivity index (χ1) is 8.06. The molecule has 7 heteroatoms. The van der Waals surface area contributed by atoms with Crippen LogP contribution in [0.3, 0.4) is 0 Å². The highest BCUT2D eigenvalue weighted by molar-refractivity contribution is 9.11. The van der Waals surface area contributed by atoms with Crippen LogP contribution in [-0.4, -0.2) is 9.97 Å². The molecule has 0 radical (unpaired) electrons. The van der Waals surface area contributed by atoms with Gasteiger partial charge < -0.3 is 5.32 Å². The van der Waals surface area contributed by atoms with E-state index in [0.29, 0.717) is 10.8 Å². The number of halogens is 4. The standard InChI is InChI=1S/C10H5Br2Cl2N3/c11-5-1-2-6(12)8(3-5)16-9-7(13)4-15-10(14)17-9/h1-4H,(H,15,16,17). The Labute approximate surface area is 125 Å². The maximum Gasteiger partial charge on any atom is 0.224 e. The Morgan fingerprint density at radius 1 is 1.18 bits per heavy atom. The number of anilines is 2. The Morgan fingerprint density at radius 2 is 1.94 bits per heavy atom. The average Bonchev–Trinajstić information content (AvgIpc) is 2.28. The highest BCUT2D eigenvalue weighted by Crippen LogP contribution is 2.30. The van der Waals surface area contributed by atoms with Crippen molar-refractivity contribution in [1.29, 1.82) is 0 Å².